The number of aliphatic hydroxyl groups excluding tert-OH is 1. The van der Waals surface area contributed by atoms with E-state index in [4.69, 9.17) is 9.52 Å². The highest BCUT2D eigenvalue weighted by molar-refractivity contribution is 5.54. The lowest BCUT2D eigenvalue weighted by atomic mass is 10.1. The van der Waals surface area contributed by atoms with Crippen molar-refractivity contribution >= 4 is 0 Å². The third-order valence-corrected chi connectivity index (χ3v) is 3.06. The van der Waals surface area contributed by atoms with Crippen LogP contribution in [0.2, 0.25) is 0 Å². The molecular formula is C15H19NO2. The van der Waals surface area contributed by atoms with Crippen LogP contribution in [-0.2, 0) is 19.3 Å². The zero-order valence-corrected chi connectivity index (χ0v) is 10.9. The summed E-state index contributed by atoms with van der Waals surface area (Å²) >= 11 is 0. The summed E-state index contributed by atoms with van der Waals surface area (Å²) in [5.74, 6) is 1.52. The van der Waals surface area contributed by atoms with Crippen LogP contribution in [0.4, 0.5) is 0 Å². The van der Waals surface area contributed by atoms with E-state index in [1.165, 1.54) is 5.56 Å². The Morgan fingerprint density at radius 3 is 2.39 bits per heavy atom. The summed E-state index contributed by atoms with van der Waals surface area (Å²) in [7, 11) is 0. The molecule has 0 fully saturated rings. The SMILES string of the molecule is CCc1ccc(-c2nc(CCO)c(CC)o2)cc1. The van der Waals surface area contributed by atoms with Gasteiger partial charge in [-0.2, -0.15) is 0 Å². The highest BCUT2D eigenvalue weighted by atomic mass is 16.4. The van der Waals surface area contributed by atoms with Crippen molar-refractivity contribution in [1.82, 2.24) is 4.98 Å². The molecule has 3 nitrogen and oxygen atoms in total. The van der Waals surface area contributed by atoms with Crippen LogP contribution in [-0.4, -0.2) is 16.7 Å². The monoisotopic (exact) mass is 245 g/mol. The summed E-state index contributed by atoms with van der Waals surface area (Å²) in [6.07, 6.45) is 2.39. The minimum atomic E-state index is 0.105. The van der Waals surface area contributed by atoms with Crippen molar-refractivity contribution in [2.45, 2.75) is 33.1 Å². The van der Waals surface area contributed by atoms with Gasteiger partial charge in [0.05, 0.1) is 5.69 Å². The van der Waals surface area contributed by atoms with Gasteiger partial charge in [0, 0.05) is 25.0 Å². The second kappa shape index (κ2) is 5.83. The van der Waals surface area contributed by atoms with Gasteiger partial charge in [-0.05, 0) is 24.1 Å². The highest BCUT2D eigenvalue weighted by Crippen LogP contribution is 2.23. The molecule has 0 radical (unpaired) electrons. The van der Waals surface area contributed by atoms with Crippen molar-refractivity contribution in [2.24, 2.45) is 0 Å². The number of oxazole rings is 1. The summed E-state index contributed by atoms with van der Waals surface area (Å²) in [6.45, 7) is 4.27. The molecule has 2 aromatic rings. The van der Waals surface area contributed by atoms with Crippen LogP contribution in [0.25, 0.3) is 11.5 Å². The first-order chi connectivity index (χ1) is 8.78. The van der Waals surface area contributed by atoms with Crippen molar-refractivity contribution in [3.05, 3.63) is 41.3 Å². The summed E-state index contributed by atoms with van der Waals surface area (Å²) in [6, 6.07) is 8.26. The van der Waals surface area contributed by atoms with Crippen molar-refractivity contribution in [3.63, 3.8) is 0 Å². The first-order valence-corrected chi connectivity index (χ1v) is 6.47. The fourth-order valence-corrected chi connectivity index (χ4v) is 1.97. The van der Waals surface area contributed by atoms with Gasteiger partial charge in [0.1, 0.15) is 5.76 Å². The van der Waals surface area contributed by atoms with Crippen LogP contribution in [0.15, 0.2) is 28.7 Å². The maximum atomic E-state index is 9.01. The van der Waals surface area contributed by atoms with E-state index in [2.05, 4.69) is 24.0 Å². The average molecular weight is 245 g/mol. The van der Waals surface area contributed by atoms with Gasteiger partial charge in [-0.25, -0.2) is 4.98 Å². The molecule has 0 amide bonds. The second-order valence-corrected chi connectivity index (χ2v) is 4.27. The molecule has 18 heavy (non-hydrogen) atoms. The zero-order valence-electron chi connectivity index (χ0n) is 10.9. The first-order valence-electron chi connectivity index (χ1n) is 6.47. The number of benzene rings is 1. The van der Waals surface area contributed by atoms with Gasteiger partial charge in [0.15, 0.2) is 0 Å². The maximum Gasteiger partial charge on any atom is 0.226 e. The summed E-state index contributed by atoms with van der Waals surface area (Å²) < 4.78 is 5.75. The van der Waals surface area contributed by atoms with E-state index in [-0.39, 0.29) is 6.61 Å². The summed E-state index contributed by atoms with van der Waals surface area (Å²) in [5, 5.41) is 9.01. The third kappa shape index (κ3) is 2.62. The van der Waals surface area contributed by atoms with Gasteiger partial charge >= 0.3 is 0 Å². The van der Waals surface area contributed by atoms with Crippen LogP contribution < -0.4 is 0 Å². The van der Waals surface area contributed by atoms with Gasteiger partial charge in [-0.3, -0.25) is 0 Å². The molecule has 0 aliphatic rings. The number of rotatable bonds is 5. The van der Waals surface area contributed by atoms with Gasteiger partial charge in [-0.15, -0.1) is 0 Å². The Hall–Kier alpha value is -1.61. The molecule has 0 saturated carbocycles. The molecule has 1 aromatic heterocycles. The standard InChI is InChI=1S/C15H19NO2/c1-3-11-5-7-12(8-6-11)15-16-13(9-10-17)14(4-2)18-15/h5-8,17H,3-4,9-10H2,1-2H3. The van der Waals surface area contributed by atoms with Gasteiger partial charge < -0.3 is 9.52 Å². The second-order valence-electron chi connectivity index (χ2n) is 4.27. The van der Waals surface area contributed by atoms with Crippen molar-refractivity contribution < 1.29 is 9.52 Å². The van der Waals surface area contributed by atoms with E-state index >= 15 is 0 Å². The van der Waals surface area contributed by atoms with Gasteiger partial charge in [0.2, 0.25) is 5.89 Å². The molecule has 0 atom stereocenters. The van der Waals surface area contributed by atoms with Crippen molar-refractivity contribution in [3.8, 4) is 11.5 Å². The number of hydrogen-bond donors (Lipinski definition) is 1. The molecule has 0 unspecified atom stereocenters. The molecule has 96 valence electrons. The maximum absolute atomic E-state index is 9.01. The summed E-state index contributed by atoms with van der Waals surface area (Å²) in [4.78, 5) is 4.47. The van der Waals surface area contributed by atoms with E-state index in [0.717, 1.165) is 29.9 Å². The molecule has 0 spiro atoms. The van der Waals surface area contributed by atoms with Crippen LogP contribution in [0, 0.1) is 0 Å². The molecule has 1 aromatic carbocycles. The van der Waals surface area contributed by atoms with E-state index in [1.54, 1.807) is 0 Å². The molecule has 0 saturated heterocycles. The number of nitrogens with zero attached hydrogens (tertiary/aromatic N) is 1. The Labute approximate surface area is 107 Å². The number of aryl methyl sites for hydroxylation is 2. The number of hydrogen-bond acceptors (Lipinski definition) is 3. The average Bonchev–Trinajstić information content (AvgIpc) is 2.82. The van der Waals surface area contributed by atoms with Crippen molar-refractivity contribution in [2.75, 3.05) is 6.61 Å². The lowest BCUT2D eigenvalue weighted by Crippen LogP contribution is -1.94. The fraction of sp³-hybridized carbons (Fsp3) is 0.400. The van der Waals surface area contributed by atoms with Crippen LogP contribution in [0.3, 0.4) is 0 Å². The Bertz CT molecular complexity index is 500. The molecule has 3 heteroatoms. The Morgan fingerprint density at radius 2 is 1.83 bits per heavy atom. The number of aromatic nitrogens is 1. The molecule has 1 heterocycles. The van der Waals surface area contributed by atoms with Gasteiger partial charge in [0.25, 0.3) is 0 Å². The fourth-order valence-electron chi connectivity index (χ4n) is 1.97. The minimum absolute atomic E-state index is 0.105. The Balaban J connectivity index is 2.31. The van der Waals surface area contributed by atoms with E-state index < -0.39 is 0 Å². The zero-order chi connectivity index (χ0) is 13.0. The molecule has 0 aliphatic carbocycles. The summed E-state index contributed by atoms with van der Waals surface area (Å²) in [5.41, 5.74) is 3.16. The van der Waals surface area contributed by atoms with Crippen LogP contribution in [0.1, 0.15) is 30.9 Å². The molecule has 2 rings (SSSR count). The molecule has 1 N–H and O–H groups in total. The molecule has 0 aliphatic heterocycles. The van der Waals surface area contributed by atoms with Crippen LogP contribution >= 0.6 is 0 Å². The molecular weight excluding hydrogens is 226 g/mol. The van der Waals surface area contributed by atoms with Crippen molar-refractivity contribution in [1.29, 1.82) is 0 Å². The van der Waals surface area contributed by atoms with Crippen LogP contribution in [0.5, 0.6) is 0 Å². The Morgan fingerprint density at radius 1 is 1.11 bits per heavy atom. The topological polar surface area (TPSA) is 46.3 Å². The smallest absolute Gasteiger partial charge is 0.226 e. The normalized spacial score (nSPS) is 10.8. The highest BCUT2D eigenvalue weighted by Gasteiger charge is 2.12. The minimum Gasteiger partial charge on any atom is -0.441 e. The van der Waals surface area contributed by atoms with Gasteiger partial charge in [-0.1, -0.05) is 26.0 Å². The largest absolute Gasteiger partial charge is 0.441 e. The molecule has 0 bridgehead atoms. The quantitative estimate of drug-likeness (QED) is 0.880. The van der Waals surface area contributed by atoms with E-state index in [0.29, 0.717) is 12.3 Å². The lowest BCUT2D eigenvalue weighted by molar-refractivity contribution is 0.297. The van der Waals surface area contributed by atoms with E-state index in [1.807, 2.05) is 19.1 Å². The first kappa shape index (κ1) is 12.8. The Kier molecular flexibility index (Phi) is 4.15. The van der Waals surface area contributed by atoms with E-state index in [9.17, 15) is 0 Å². The third-order valence-electron chi connectivity index (χ3n) is 3.06. The lowest BCUT2D eigenvalue weighted by Gasteiger charge is -1.98. The number of aliphatic hydroxyl groups is 1. The predicted molar refractivity (Wildman–Crippen MR) is 71.5 cm³/mol. The predicted octanol–water partition coefficient (Wildman–Crippen LogP) is 3.00.